The summed E-state index contributed by atoms with van der Waals surface area (Å²) in [6.07, 6.45) is 0. The zero-order valence-corrected chi connectivity index (χ0v) is 12.2. The minimum absolute atomic E-state index is 0.163. The van der Waals surface area contributed by atoms with E-state index in [2.05, 4.69) is 15.9 Å². The van der Waals surface area contributed by atoms with E-state index in [0.717, 1.165) is 36.9 Å². The van der Waals surface area contributed by atoms with E-state index < -0.39 is 0 Å². The summed E-state index contributed by atoms with van der Waals surface area (Å²) in [6, 6.07) is 7.92. The third-order valence-corrected chi connectivity index (χ3v) is 3.64. The van der Waals surface area contributed by atoms with Crippen LogP contribution in [0.1, 0.15) is 0 Å². The van der Waals surface area contributed by atoms with Crippen molar-refractivity contribution in [3.8, 4) is 0 Å². The van der Waals surface area contributed by atoms with Crippen molar-refractivity contribution in [3.05, 3.63) is 29.3 Å². The molecule has 104 valence electrons. The Morgan fingerprint density at radius 2 is 1.95 bits per heavy atom. The molecule has 1 aliphatic heterocycles. The Labute approximate surface area is 119 Å². The zero-order valence-electron chi connectivity index (χ0n) is 11.5. The fourth-order valence-corrected chi connectivity index (χ4v) is 2.35. The van der Waals surface area contributed by atoms with Crippen molar-refractivity contribution in [2.75, 3.05) is 51.7 Å². The molecule has 1 aromatic rings. The van der Waals surface area contributed by atoms with Crippen LogP contribution < -0.4 is 4.90 Å². The number of piperazine rings is 1. The Morgan fingerprint density at radius 1 is 1.26 bits per heavy atom. The molecule has 5 heteroatoms. The van der Waals surface area contributed by atoms with Gasteiger partial charge in [-0.15, -0.1) is 0 Å². The lowest BCUT2D eigenvalue weighted by Gasteiger charge is -2.36. The smallest absolute Gasteiger partial charge is 0.236 e. The molecule has 0 unspecified atom stereocenters. The maximum Gasteiger partial charge on any atom is 0.236 e. The summed E-state index contributed by atoms with van der Waals surface area (Å²) >= 11 is 6.01. The second-order valence-corrected chi connectivity index (χ2v) is 5.47. The topological polar surface area (TPSA) is 26.8 Å². The lowest BCUT2D eigenvalue weighted by molar-refractivity contribution is -0.129. The van der Waals surface area contributed by atoms with Gasteiger partial charge in [-0.1, -0.05) is 17.7 Å². The van der Waals surface area contributed by atoms with Gasteiger partial charge in [0, 0.05) is 51.0 Å². The number of rotatable bonds is 3. The third-order valence-electron chi connectivity index (χ3n) is 3.40. The van der Waals surface area contributed by atoms with E-state index in [-0.39, 0.29) is 5.91 Å². The number of carbonyl (C=O) groups excluding carboxylic acids is 1. The molecule has 1 aliphatic rings. The molecule has 19 heavy (non-hydrogen) atoms. The second-order valence-electron chi connectivity index (χ2n) is 5.03. The van der Waals surface area contributed by atoms with Gasteiger partial charge in [0.2, 0.25) is 5.91 Å². The summed E-state index contributed by atoms with van der Waals surface area (Å²) in [4.78, 5) is 17.8. The average Bonchev–Trinajstić information content (AvgIpc) is 2.39. The van der Waals surface area contributed by atoms with Gasteiger partial charge in [0.1, 0.15) is 0 Å². The van der Waals surface area contributed by atoms with Crippen LogP contribution >= 0.6 is 11.6 Å². The number of anilines is 1. The highest BCUT2D eigenvalue weighted by atomic mass is 35.5. The summed E-state index contributed by atoms with van der Waals surface area (Å²) in [7, 11) is 3.59. The van der Waals surface area contributed by atoms with Gasteiger partial charge in [0.05, 0.1) is 6.54 Å². The molecular weight excluding hydrogens is 262 g/mol. The number of likely N-dealkylation sites (N-methyl/N-ethyl adjacent to an activating group) is 1. The van der Waals surface area contributed by atoms with E-state index in [1.807, 2.05) is 18.2 Å². The van der Waals surface area contributed by atoms with Crippen LogP contribution in [0.15, 0.2) is 24.3 Å². The standard InChI is InChI=1S/C14H20ClN3O/c1-16(2)14(19)11-17-6-8-18(9-7-17)13-5-3-4-12(15)10-13/h3-5,10H,6-9,11H2,1-2H3. The first kappa shape index (κ1) is 14.2. The van der Waals surface area contributed by atoms with E-state index in [1.54, 1.807) is 19.0 Å². The molecule has 0 saturated carbocycles. The minimum Gasteiger partial charge on any atom is -0.369 e. The van der Waals surface area contributed by atoms with Crippen LogP contribution in [0.4, 0.5) is 5.69 Å². The van der Waals surface area contributed by atoms with Gasteiger partial charge in [0.15, 0.2) is 0 Å². The SMILES string of the molecule is CN(C)C(=O)CN1CCN(c2cccc(Cl)c2)CC1. The lowest BCUT2D eigenvalue weighted by Crippen LogP contribution is -2.49. The quantitative estimate of drug-likeness (QED) is 0.841. The van der Waals surface area contributed by atoms with Crippen molar-refractivity contribution in [1.82, 2.24) is 9.80 Å². The highest BCUT2D eigenvalue weighted by Crippen LogP contribution is 2.20. The molecule has 0 aliphatic carbocycles. The van der Waals surface area contributed by atoms with Crippen molar-refractivity contribution in [2.45, 2.75) is 0 Å². The van der Waals surface area contributed by atoms with Gasteiger partial charge >= 0.3 is 0 Å². The molecule has 2 rings (SSSR count). The van der Waals surface area contributed by atoms with Gasteiger partial charge in [0.25, 0.3) is 0 Å². The number of nitrogens with zero attached hydrogens (tertiary/aromatic N) is 3. The monoisotopic (exact) mass is 281 g/mol. The molecular formula is C14H20ClN3O. The Bertz CT molecular complexity index is 442. The molecule has 0 N–H and O–H groups in total. The third kappa shape index (κ3) is 3.85. The Kier molecular flexibility index (Phi) is 4.66. The van der Waals surface area contributed by atoms with Crippen molar-refractivity contribution in [3.63, 3.8) is 0 Å². The molecule has 0 aromatic heterocycles. The second kappa shape index (κ2) is 6.26. The van der Waals surface area contributed by atoms with E-state index >= 15 is 0 Å². The van der Waals surface area contributed by atoms with Gasteiger partial charge in [-0.2, -0.15) is 0 Å². The number of carbonyl (C=O) groups is 1. The molecule has 1 heterocycles. The first-order valence-corrected chi connectivity index (χ1v) is 6.87. The normalized spacial score (nSPS) is 16.5. The van der Waals surface area contributed by atoms with E-state index in [0.29, 0.717) is 6.54 Å². The molecule has 0 atom stereocenters. The molecule has 4 nitrogen and oxygen atoms in total. The van der Waals surface area contributed by atoms with Gasteiger partial charge < -0.3 is 9.80 Å². The van der Waals surface area contributed by atoms with Crippen LogP contribution in [0.2, 0.25) is 5.02 Å². The van der Waals surface area contributed by atoms with Crippen molar-refractivity contribution < 1.29 is 4.79 Å². The predicted octanol–water partition coefficient (Wildman–Crippen LogP) is 1.55. The highest BCUT2D eigenvalue weighted by molar-refractivity contribution is 6.30. The molecule has 1 aromatic carbocycles. The first-order chi connectivity index (χ1) is 9.06. The summed E-state index contributed by atoms with van der Waals surface area (Å²) in [5.41, 5.74) is 1.16. The van der Waals surface area contributed by atoms with Crippen LogP contribution in [0.3, 0.4) is 0 Å². The lowest BCUT2D eigenvalue weighted by atomic mass is 10.2. The molecule has 1 amide bonds. The van der Waals surface area contributed by atoms with E-state index in [1.165, 1.54) is 0 Å². The highest BCUT2D eigenvalue weighted by Gasteiger charge is 2.19. The van der Waals surface area contributed by atoms with E-state index in [4.69, 9.17) is 11.6 Å². The molecule has 0 radical (unpaired) electrons. The number of benzene rings is 1. The van der Waals surface area contributed by atoms with Crippen LogP contribution in [-0.2, 0) is 4.79 Å². The van der Waals surface area contributed by atoms with Gasteiger partial charge in [-0.25, -0.2) is 0 Å². The maximum absolute atomic E-state index is 11.7. The number of amides is 1. The minimum atomic E-state index is 0.163. The number of hydrogen-bond donors (Lipinski definition) is 0. The fraction of sp³-hybridized carbons (Fsp3) is 0.500. The van der Waals surface area contributed by atoms with Crippen molar-refractivity contribution >= 4 is 23.2 Å². The number of hydrogen-bond acceptors (Lipinski definition) is 3. The average molecular weight is 282 g/mol. The van der Waals surface area contributed by atoms with Gasteiger partial charge in [-0.05, 0) is 18.2 Å². The first-order valence-electron chi connectivity index (χ1n) is 6.49. The zero-order chi connectivity index (χ0) is 13.8. The maximum atomic E-state index is 11.7. The molecule has 0 bridgehead atoms. The Balaban J connectivity index is 1.87. The number of halogens is 1. The van der Waals surface area contributed by atoms with Crippen LogP contribution in [0.5, 0.6) is 0 Å². The van der Waals surface area contributed by atoms with Crippen LogP contribution in [0.25, 0.3) is 0 Å². The summed E-state index contributed by atoms with van der Waals surface area (Å²) < 4.78 is 0. The van der Waals surface area contributed by atoms with E-state index in [9.17, 15) is 4.79 Å². The van der Waals surface area contributed by atoms with Crippen molar-refractivity contribution in [2.24, 2.45) is 0 Å². The van der Waals surface area contributed by atoms with Gasteiger partial charge in [-0.3, -0.25) is 9.69 Å². The summed E-state index contributed by atoms with van der Waals surface area (Å²) in [5, 5.41) is 0.766. The van der Waals surface area contributed by atoms with Crippen LogP contribution in [-0.4, -0.2) is 62.5 Å². The largest absolute Gasteiger partial charge is 0.369 e. The summed E-state index contributed by atoms with van der Waals surface area (Å²) in [5.74, 6) is 0.163. The molecule has 1 fully saturated rings. The molecule has 1 saturated heterocycles. The fourth-order valence-electron chi connectivity index (χ4n) is 2.17. The van der Waals surface area contributed by atoms with Crippen LogP contribution in [0, 0.1) is 0 Å². The Hall–Kier alpha value is -1.26. The summed E-state index contributed by atoms with van der Waals surface area (Å²) in [6.45, 7) is 4.19. The predicted molar refractivity (Wildman–Crippen MR) is 78.8 cm³/mol. The Morgan fingerprint density at radius 3 is 2.53 bits per heavy atom. The van der Waals surface area contributed by atoms with Crippen molar-refractivity contribution in [1.29, 1.82) is 0 Å². The molecule has 0 spiro atoms.